The van der Waals surface area contributed by atoms with Crippen molar-refractivity contribution >= 4 is 21.6 Å². The van der Waals surface area contributed by atoms with Gasteiger partial charge >= 0.3 is 6.03 Å². The minimum absolute atomic E-state index is 0.182. The maximum Gasteiger partial charge on any atom is 0.331 e. The van der Waals surface area contributed by atoms with Gasteiger partial charge in [0.15, 0.2) is 9.92 Å². The maximum absolute atomic E-state index is 15.8. The van der Waals surface area contributed by atoms with Crippen molar-refractivity contribution < 1.29 is 18.1 Å². The number of nitrogens with zero attached hydrogens (tertiary/aromatic N) is 3. The summed E-state index contributed by atoms with van der Waals surface area (Å²) in [4.78, 5) is 14.4. The van der Waals surface area contributed by atoms with Crippen LogP contribution in [0.4, 0.5) is 14.9 Å². The van der Waals surface area contributed by atoms with E-state index in [2.05, 4.69) is 21.2 Å². The van der Waals surface area contributed by atoms with Gasteiger partial charge in [-0.1, -0.05) is 97.1 Å². The van der Waals surface area contributed by atoms with Crippen LogP contribution in [0.15, 0.2) is 113 Å². The molecule has 5 aromatic rings. The highest BCUT2D eigenvalue weighted by Crippen LogP contribution is 2.44. The van der Waals surface area contributed by atoms with E-state index in [0.717, 1.165) is 58.2 Å². The number of amides is 2. The third-order valence-corrected chi connectivity index (χ3v) is 11.4. The number of aryl methyl sites for hydroxylation is 1. The van der Waals surface area contributed by atoms with E-state index in [1.165, 1.54) is 6.20 Å². The quantitative estimate of drug-likeness (QED) is 0.181. The Morgan fingerprint density at radius 3 is 2.17 bits per heavy atom. The molecule has 0 saturated carbocycles. The van der Waals surface area contributed by atoms with E-state index in [1.54, 1.807) is 4.68 Å². The fourth-order valence-corrected chi connectivity index (χ4v) is 9.34. The van der Waals surface area contributed by atoms with Gasteiger partial charge in [0, 0.05) is 18.5 Å². The molecule has 2 amide bonds. The van der Waals surface area contributed by atoms with Gasteiger partial charge in [0.05, 0.1) is 12.7 Å². The Kier molecular flexibility index (Phi) is 7.55. The molecule has 1 aromatic heterocycles. The number of halogens is 1. The standard InChI is InChI=1S/C38H36FN5O3S/c1-25-24-44-36(47-25)34(23-40-44)48(46,42-37(45)41-35-32-19-11-12-26(32)20-27-21-31(39)22-33(27)35)43-38(28-13-5-2-6-14-28,29-15-7-3-8-16-29)30-17-9-4-10-18-30/h2-10,13-18,20,23,25,31H,11-12,19,21-22,24H2,1H3,(H2,41,42,43,45,46)/t25-,31-,48?/m0/s1. The van der Waals surface area contributed by atoms with Gasteiger partial charge in [-0.3, -0.25) is 0 Å². The average molecular weight is 662 g/mol. The van der Waals surface area contributed by atoms with Crippen molar-refractivity contribution in [1.29, 1.82) is 0 Å². The normalized spacial score (nSPS) is 19.0. The Morgan fingerprint density at radius 1 is 0.917 bits per heavy atom. The predicted molar refractivity (Wildman–Crippen MR) is 183 cm³/mol. The van der Waals surface area contributed by atoms with Gasteiger partial charge < -0.3 is 10.1 Å². The first-order valence-electron chi connectivity index (χ1n) is 16.4. The van der Waals surface area contributed by atoms with Gasteiger partial charge in [-0.25, -0.2) is 22.8 Å². The molecular formula is C38H36FN5O3S. The molecule has 8 rings (SSSR count). The number of hydrogen-bond acceptors (Lipinski definition) is 5. The molecule has 0 bridgehead atoms. The number of fused-ring (bicyclic) bond motifs is 3. The summed E-state index contributed by atoms with van der Waals surface area (Å²) in [6, 6.07) is 30.4. The Balaban J connectivity index is 1.34. The predicted octanol–water partition coefficient (Wildman–Crippen LogP) is 7.15. The number of benzene rings is 4. The number of carbonyl (C=O) groups excluding carboxylic acids is 1. The lowest BCUT2D eigenvalue weighted by atomic mass is 9.78. The third-order valence-electron chi connectivity index (χ3n) is 9.58. The molecule has 8 nitrogen and oxygen atoms in total. The van der Waals surface area contributed by atoms with Crippen LogP contribution in [0.3, 0.4) is 0 Å². The number of rotatable bonds is 7. The zero-order valence-electron chi connectivity index (χ0n) is 26.6. The molecule has 0 fully saturated rings. The molecule has 2 aliphatic carbocycles. The molecule has 3 aliphatic rings. The van der Waals surface area contributed by atoms with Crippen molar-refractivity contribution in [2.75, 3.05) is 5.32 Å². The largest absolute Gasteiger partial charge is 0.472 e. The van der Waals surface area contributed by atoms with E-state index in [4.69, 9.17) is 9.10 Å². The molecule has 4 aromatic carbocycles. The van der Waals surface area contributed by atoms with E-state index >= 15 is 4.21 Å². The first kappa shape index (κ1) is 30.4. The lowest BCUT2D eigenvalue weighted by Gasteiger charge is -2.33. The van der Waals surface area contributed by atoms with Crippen molar-refractivity contribution in [3.63, 3.8) is 0 Å². The second kappa shape index (κ2) is 11.9. The molecular weight excluding hydrogens is 626 g/mol. The minimum atomic E-state index is -3.85. The molecule has 48 heavy (non-hydrogen) atoms. The molecule has 0 spiro atoms. The first-order chi connectivity index (χ1) is 23.3. The number of alkyl halides is 1. The topological polar surface area (TPSA) is 97.6 Å². The van der Waals surface area contributed by atoms with Crippen molar-refractivity contribution in [1.82, 2.24) is 14.5 Å². The summed E-state index contributed by atoms with van der Waals surface area (Å²) < 4.78 is 46.4. The van der Waals surface area contributed by atoms with Gasteiger partial charge in [-0.2, -0.15) is 9.46 Å². The van der Waals surface area contributed by atoms with Gasteiger partial charge in [-0.05, 0) is 65.1 Å². The van der Waals surface area contributed by atoms with Gasteiger partial charge in [0.2, 0.25) is 5.88 Å². The molecule has 2 heterocycles. The highest BCUT2D eigenvalue weighted by Gasteiger charge is 2.41. The second-order valence-electron chi connectivity index (χ2n) is 12.8. The Morgan fingerprint density at radius 2 is 1.54 bits per heavy atom. The molecule has 10 heteroatoms. The summed E-state index contributed by atoms with van der Waals surface area (Å²) in [5, 5.41) is 7.53. The van der Waals surface area contributed by atoms with E-state index in [-0.39, 0.29) is 17.4 Å². The van der Waals surface area contributed by atoms with Crippen LogP contribution in [-0.2, 0) is 47.7 Å². The van der Waals surface area contributed by atoms with Crippen LogP contribution in [-0.4, -0.2) is 32.3 Å². The van der Waals surface area contributed by atoms with Crippen LogP contribution in [0, 0.1) is 0 Å². The van der Waals surface area contributed by atoms with Crippen molar-refractivity contribution in [2.24, 2.45) is 4.36 Å². The zero-order chi connectivity index (χ0) is 32.9. The van der Waals surface area contributed by atoms with E-state index in [1.807, 2.05) is 97.9 Å². The number of urea groups is 1. The monoisotopic (exact) mass is 661 g/mol. The molecule has 1 unspecified atom stereocenters. The first-order valence-corrected chi connectivity index (χ1v) is 17.9. The van der Waals surface area contributed by atoms with Gasteiger partial charge in [-0.15, -0.1) is 0 Å². The molecule has 0 saturated heterocycles. The van der Waals surface area contributed by atoms with Crippen LogP contribution < -0.4 is 14.8 Å². The summed E-state index contributed by atoms with van der Waals surface area (Å²) in [5.41, 5.74) is 5.52. The molecule has 0 radical (unpaired) electrons. The van der Waals surface area contributed by atoms with Crippen LogP contribution >= 0.6 is 0 Å². The summed E-state index contributed by atoms with van der Waals surface area (Å²) >= 11 is 0. The van der Waals surface area contributed by atoms with Crippen LogP contribution in [0.1, 0.15) is 52.3 Å². The van der Waals surface area contributed by atoms with Crippen molar-refractivity contribution in [3.05, 3.63) is 142 Å². The van der Waals surface area contributed by atoms with E-state index in [0.29, 0.717) is 24.5 Å². The molecule has 244 valence electrons. The summed E-state index contributed by atoms with van der Waals surface area (Å²) in [5.74, 6) is 0.307. The maximum atomic E-state index is 15.8. The lowest BCUT2D eigenvalue weighted by molar-refractivity contribution is 0.248. The molecule has 2 N–H and O–H groups in total. The van der Waals surface area contributed by atoms with Crippen molar-refractivity contribution in [2.45, 2.75) is 68.3 Å². The summed E-state index contributed by atoms with van der Waals surface area (Å²) in [6.07, 6.45) is 3.48. The third kappa shape index (κ3) is 5.15. The number of carbonyl (C=O) groups is 1. The number of anilines is 1. The second-order valence-corrected chi connectivity index (χ2v) is 14.7. The van der Waals surface area contributed by atoms with Gasteiger partial charge in [0.25, 0.3) is 0 Å². The number of ether oxygens (including phenoxy) is 1. The van der Waals surface area contributed by atoms with Crippen LogP contribution in [0.5, 0.6) is 5.88 Å². The lowest BCUT2D eigenvalue weighted by Crippen LogP contribution is -2.38. The fourth-order valence-electron chi connectivity index (χ4n) is 7.50. The van der Waals surface area contributed by atoms with Crippen molar-refractivity contribution in [3.8, 4) is 5.88 Å². The van der Waals surface area contributed by atoms with E-state index in [9.17, 15) is 9.18 Å². The highest BCUT2D eigenvalue weighted by atomic mass is 32.2. The number of nitrogens with one attached hydrogen (secondary N) is 2. The molecule has 1 aliphatic heterocycles. The Labute approximate surface area is 279 Å². The van der Waals surface area contributed by atoms with Gasteiger partial charge in [0.1, 0.15) is 22.7 Å². The average Bonchev–Trinajstić information content (AvgIpc) is 3.89. The Bertz CT molecular complexity index is 2030. The smallest absolute Gasteiger partial charge is 0.331 e. The molecule has 3 atom stereocenters. The summed E-state index contributed by atoms with van der Waals surface area (Å²) in [6.45, 7) is 2.39. The minimum Gasteiger partial charge on any atom is -0.472 e. The number of hydrogen-bond donors (Lipinski definition) is 2. The van der Waals surface area contributed by atoms with E-state index < -0.39 is 27.7 Å². The van der Waals surface area contributed by atoms with Crippen LogP contribution in [0.2, 0.25) is 0 Å². The zero-order valence-corrected chi connectivity index (χ0v) is 27.4. The Hall–Kier alpha value is -4.96. The highest BCUT2D eigenvalue weighted by molar-refractivity contribution is 7.92. The van der Waals surface area contributed by atoms with Crippen LogP contribution in [0.25, 0.3) is 0 Å². The fraction of sp³-hybridized carbons (Fsp3) is 0.263. The summed E-state index contributed by atoms with van der Waals surface area (Å²) in [7, 11) is -3.85. The number of aromatic nitrogens is 2. The SMILES string of the molecule is C[C@H]1Cn2ncc(S(=O)(=NC(c3ccccc3)(c3ccccc3)c3ccccc3)NC(=O)Nc3c4c(cc5c3C[C@@H](F)C5)CCC4)c2O1.